The summed E-state index contributed by atoms with van der Waals surface area (Å²) in [6.45, 7) is 1.46. The molecule has 0 aliphatic heterocycles. The van der Waals surface area contributed by atoms with E-state index in [1.54, 1.807) is 6.07 Å². The van der Waals surface area contributed by atoms with E-state index in [0.717, 1.165) is 31.2 Å². The number of carbonyl (C=O) groups is 2. The molecule has 29 heavy (non-hydrogen) atoms. The molecule has 0 saturated carbocycles. The zero-order valence-corrected chi connectivity index (χ0v) is 16.3. The topological polar surface area (TPSA) is 108 Å². The van der Waals surface area contributed by atoms with Gasteiger partial charge in [-0.05, 0) is 61.9 Å². The molecule has 0 spiro atoms. The summed E-state index contributed by atoms with van der Waals surface area (Å²) >= 11 is 0. The van der Waals surface area contributed by atoms with Gasteiger partial charge in [0.15, 0.2) is 6.10 Å². The number of hydrogen-bond donors (Lipinski definition) is 1. The highest BCUT2D eigenvalue weighted by molar-refractivity contribution is 5.98. The number of carbonyl (C=O) groups excluding carboxylic acids is 2. The number of amides is 1. The van der Waals surface area contributed by atoms with Crippen LogP contribution in [0.1, 0.15) is 41.3 Å². The first-order chi connectivity index (χ1) is 13.9. The summed E-state index contributed by atoms with van der Waals surface area (Å²) in [5, 5.41) is 13.4. The lowest BCUT2D eigenvalue weighted by atomic mass is 9.90. The molecule has 0 fully saturated rings. The van der Waals surface area contributed by atoms with Gasteiger partial charge in [0.1, 0.15) is 5.75 Å². The van der Waals surface area contributed by atoms with Crippen LogP contribution >= 0.6 is 0 Å². The number of rotatable bonds is 6. The third-order valence-electron chi connectivity index (χ3n) is 4.89. The number of nitro benzene ring substituents is 1. The van der Waals surface area contributed by atoms with Crippen molar-refractivity contribution in [2.24, 2.45) is 0 Å². The summed E-state index contributed by atoms with van der Waals surface area (Å²) in [6, 6.07) is 9.32. The van der Waals surface area contributed by atoms with Crippen LogP contribution in [0.25, 0.3) is 0 Å². The first-order valence-electron chi connectivity index (χ1n) is 9.35. The monoisotopic (exact) mass is 398 g/mol. The van der Waals surface area contributed by atoms with Gasteiger partial charge in [-0.1, -0.05) is 6.07 Å². The quantitative estimate of drug-likeness (QED) is 0.452. The summed E-state index contributed by atoms with van der Waals surface area (Å²) in [5.74, 6) is -0.999. The van der Waals surface area contributed by atoms with Crippen molar-refractivity contribution in [2.75, 3.05) is 12.4 Å². The molecule has 2 aromatic rings. The van der Waals surface area contributed by atoms with E-state index in [0.29, 0.717) is 5.56 Å². The number of anilines is 1. The van der Waals surface area contributed by atoms with Gasteiger partial charge in [-0.3, -0.25) is 14.9 Å². The van der Waals surface area contributed by atoms with Gasteiger partial charge in [0.2, 0.25) is 0 Å². The fraction of sp³-hybridized carbons (Fsp3) is 0.333. The molecule has 8 nitrogen and oxygen atoms in total. The van der Waals surface area contributed by atoms with E-state index in [9.17, 15) is 19.7 Å². The maximum absolute atomic E-state index is 12.4. The predicted octanol–water partition coefficient (Wildman–Crippen LogP) is 3.67. The van der Waals surface area contributed by atoms with E-state index in [1.165, 1.54) is 37.8 Å². The molecule has 8 heteroatoms. The summed E-state index contributed by atoms with van der Waals surface area (Å²) < 4.78 is 10.4. The summed E-state index contributed by atoms with van der Waals surface area (Å²) in [5.41, 5.74) is 2.91. The fourth-order valence-electron chi connectivity index (χ4n) is 3.27. The highest BCUT2D eigenvalue weighted by Crippen LogP contribution is 2.29. The van der Waals surface area contributed by atoms with Gasteiger partial charge in [0.05, 0.1) is 29.4 Å². The number of fused-ring (bicyclic) bond motifs is 1. The molecular weight excluding hydrogens is 376 g/mol. The molecule has 1 amide bonds. The number of aryl methyl sites for hydroxylation is 2. The van der Waals surface area contributed by atoms with Crippen molar-refractivity contribution in [1.29, 1.82) is 0 Å². The van der Waals surface area contributed by atoms with Crippen molar-refractivity contribution in [3.63, 3.8) is 0 Å². The van der Waals surface area contributed by atoms with Crippen molar-refractivity contribution < 1.29 is 24.0 Å². The Balaban J connectivity index is 1.66. The van der Waals surface area contributed by atoms with Gasteiger partial charge in [0.25, 0.3) is 11.6 Å². The summed E-state index contributed by atoms with van der Waals surface area (Å²) in [7, 11) is 1.34. The highest BCUT2D eigenvalue weighted by atomic mass is 16.6. The Labute approximate surface area is 168 Å². The number of esters is 1. The standard InChI is InChI=1S/C21H22N2O6/c1-13(20(24)22-18-10-9-17(23(26)27)12-19(18)28-2)29-21(25)16-8-7-14-5-3-4-6-15(14)11-16/h7-13H,3-6H2,1-2H3,(H,22,24)/t13-/m1/s1. The van der Waals surface area contributed by atoms with Gasteiger partial charge < -0.3 is 14.8 Å². The molecule has 2 aromatic carbocycles. The molecule has 152 valence electrons. The minimum atomic E-state index is -1.06. The van der Waals surface area contributed by atoms with Crippen molar-refractivity contribution in [3.8, 4) is 5.75 Å². The number of ether oxygens (including phenoxy) is 2. The molecular formula is C21H22N2O6. The predicted molar refractivity (Wildman–Crippen MR) is 106 cm³/mol. The van der Waals surface area contributed by atoms with Gasteiger partial charge in [-0.25, -0.2) is 4.79 Å². The van der Waals surface area contributed by atoms with Crippen LogP contribution in [0.15, 0.2) is 36.4 Å². The van der Waals surface area contributed by atoms with E-state index in [-0.39, 0.29) is 17.1 Å². The molecule has 0 bridgehead atoms. The molecule has 0 heterocycles. The number of nitrogens with zero attached hydrogens (tertiary/aromatic N) is 1. The van der Waals surface area contributed by atoms with Gasteiger partial charge in [-0.15, -0.1) is 0 Å². The zero-order valence-electron chi connectivity index (χ0n) is 16.3. The Morgan fingerprint density at radius 2 is 1.83 bits per heavy atom. The summed E-state index contributed by atoms with van der Waals surface area (Å²) in [4.78, 5) is 35.2. The van der Waals surface area contributed by atoms with Gasteiger partial charge >= 0.3 is 5.97 Å². The van der Waals surface area contributed by atoms with Crippen LogP contribution in [-0.4, -0.2) is 30.0 Å². The lowest BCUT2D eigenvalue weighted by Gasteiger charge is -2.18. The second-order valence-electron chi connectivity index (χ2n) is 6.87. The second-order valence-corrected chi connectivity index (χ2v) is 6.87. The Bertz CT molecular complexity index is 956. The van der Waals surface area contributed by atoms with Crippen molar-refractivity contribution in [3.05, 3.63) is 63.2 Å². The second kappa shape index (κ2) is 8.72. The van der Waals surface area contributed by atoms with E-state index in [1.807, 2.05) is 12.1 Å². The number of methoxy groups -OCH3 is 1. The first kappa shape index (κ1) is 20.3. The largest absolute Gasteiger partial charge is 0.494 e. The molecule has 1 N–H and O–H groups in total. The zero-order chi connectivity index (χ0) is 21.0. The molecule has 0 saturated heterocycles. The molecule has 0 radical (unpaired) electrons. The Morgan fingerprint density at radius 1 is 1.10 bits per heavy atom. The van der Waals surface area contributed by atoms with Crippen LogP contribution in [-0.2, 0) is 22.4 Å². The Morgan fingerprint density at radius 3 is 2.52 bits per heavy atom. The van der Waals surface area contributed by atoms with Crippen LogP contribution in [0.4, 0.5) is 11.4 Å². The van der Waals surface area contributed by atoms with E-state index < -0.39 is 22.9 Å². The molecule has 0 unspecified atom stereocenters. The van der Waals surface area contributed by atoms with Crippen LogP contribution in [0.2, 0.25) is 0 Å². The molecule has 1 aliphatic carbocycles. The normalized spacial score (nSPS) is 13.7. The first-order valence-corrected chi connectivity index (χ1v) is 9.35. The molecule has 3 rings (SSSR count). The molecule has 1 aliphatic rings. The van der Waals surface area contributed by atoms with Crippen LogP contribution in [0.3, 0.4) is 0 Å². The summed E-state index contributed by atoms with van der Waals surface area (Å²) in [6.07, 6.45) is 3.15. The van der Waals surface area contributed by atoms with Crippen LogP contribution < -0.4 is 10.1 Å². The number of hydrogen-bond acceptors (Lipinski definition) is 6. The lowest BCUT2D eigenvalue weighted by molar-refractivity contribution is -0.384. The van der Waals surface area contributed by atoms with Gasteiger partial charge in [0, 0.05) is 6.07 Å². The van der Waals surface area contributed by atoms with Gasteiger partial charge in [-0.2, -0.15) is 0 Å². The third kappa shape index (κ3) is 4.71. The highest BCUT2D eigenvalue weighted by Gasteiger charge is 2.22. The smallest absolute Gasteiger partial charge is 0.338 e. The van der Waals surface area contributed by atoms with Crippen LogP contribution in [0.5, 0.6) is 5.75 Å². The Hall–Kier alpha value is -3.42. The average Bonchev–Trinajstić information content (AvgIpc) is 2.73. The van der Waals surface area contributed by atoms with Crippen LogP contribution in [0, 0.1) is 10.1 Å². The van der Waals surface area contributed by atoms with Crippen molar-refractivity contribution in [2.45, 2.75) is 38.7 Å². The van der Waals surface area contributed by atoms with E-state index in [2.05, 4.69) is 5.32 Å². The number of non-ortho nitro benzene ring substituents is 1. The average molecular weight is 398 g/mol. The third-order valence-corrected chi connectivity index (χ3v) is 4.89. The maximum atomic E-state index is 12.4. The number of nitro groups is 1. The lowest BCUT2D eigenvalue weighted by Crippen LogP contribution is -2.30. The van der Waals surface area contributed by atoms with E-state index >= 15 is 0 Å². The molecule has 0 aromatic heterocycles. The number of benzene rings is 2. The minimum Gasteiger partial charge on any atom is -0.494 e. The van der Waals surface area contributed by atoms with E-state index in [4.69, 9.17) is 9.47 Å². The number of nitrogens with one attached hydrogen (secondary N) is 1. The Kier molecular flexibility index (Phi) is 6.11. The van der Waals surface area contributed by atoms with Crippen molar-refractivity contribution in [1.82, 2.24) is 0 Å². The SMILES string of the molecule is COc1cc([N+](=O)[O-])ccc1NC(=O)[C@@H](C)OC(=O)c1ccc2c(c1)CCCC2. The minimum absolute atomic E-state index is 0.140. The fourth-order valence-corrected chi connectivity index (χ4v) is 3.27. The maximum Gasteiger partial charge on any atom is 0.338 e. The molecule has 1 atom stereocenters. The van der Waals surface area contributed by atoms with Crippen molar-refractivity contribution >= 4 is 23.3 Å².